The SMILES string of the molecule is COc1ccc(-c2csc(C)c2)cc1CNC1CC1. The van der Waals surface area contributed by atoms with Crippen LogP contribution in [0.5, 0.6) is 5.75 Å². The van der Waals surface area contributed by atoms with Gasteiger partial charge in [-0.3, -0.25) is 0 Å². The first kappa shape index (κ1) is 12.7. The Morgan fingerprint density at radius 3 is 2.74 bits per heavy atom. The second-order valence-electron chi connectivity index (χ2n) is 5.13. The van der Waals surface area contributed by atoms with Crippen molar-refractivity contribution in [2.75, 3.05) is 7.11 Å². The number of methoxy groups -OCH3 is 1. The molecule has 2 nitrogen and oxygen atoms in total. The second-order valence-corrected chi connectivity index (χ2v) is 6.24. The summed E-state index contributed by atoms with van der Waals surface area (Å²) in [7, 11) is 1.74. The molecule has 3 heteroatoms. The van der Waals surface area contributed by atoms with E-state index in [1.54, 1.807) is 18.4 Å². The number of nitrogens with one attached hydrogen (secondary N) is 1. The Balaban J connectivity index is 1.86. The van der Waals surface area contributed by atoms with Gasteiger partial charge in [0, 0.05) is 23.0 Å². The summed E-state index contributed by atoms with van der Waals surface area (Å²) in [5.74, 6) is 0.976. The Hall–Kier alpha value is -1.32. The molecule has 0 amide bonds. The van der Waals surface area contributed by atoms with Gasteiger partial charge in [-0.05, 0) is 54.5 Å². The molecule has 0 saturated heterocycles. The molecule has 1 aliphatic carbocycles. The molecule has 19 heavy (non-hydrogen) atoms. The van der Waals surface area contributed by atoms with Crippen molar-refractivity contribution >= 4 is 11.3 Å². The van der Waals surface area contributed by atoms with Crippen molar-refractivity contribution in [3.8, 4) is 16.9 Å². The van der Waals surface area contributed by atoms with Crippen molar-refractivity contribution in [1.29, 1.82) is 0 Å². The van der Waals surface area contributed by atoms with Gasteiger partial charge >= 0.3 is 0 Å². The molecule has 1 fully saturated rings. The molecule has 0 spiro atoms. The zero-order valence-electron chi connectivity index (χ0n) is 11.4. The summed E-state index contributed by atoms with van der Waals surface area (Å²) in [5.41, 5.74) is 3.83. The van der Waals surface area contributed by atoms with E-state index in [0.717, 1.165) is 18.3 Å². The third-order valence-corrected chi connectivity index (χ3v) is 4.36. The van der Waals surface area contributed by atoms with E-state index in [2.05, 4.69) is 41.9 Å². The highest BCUT2D eigenvalue weighted by molar-refractivity contribution is 7.10. The number of thiophene rings is 1. The van der Waals surface area contributed by atoms with Crippen LogP contribution in [0.1, 0.15) is 23.3 Å². The van der Waals surface area contributed by atoms with Crippen LogP contribution in [0.15, 0.2) is 29.6 Å². The highest BCUT2D eigenvalue weighted by atomic mass is 32.1. The van der Waals surface area contributed by atoms with Gasteiger partial charge in [0.1, 0.15) is 5.75 Å². The number of hydrogen-bond acceptors (Lipinski definition) is 3. The lowest BCUT2D eigenvalue weighted by molar-refractivity contribution is 0.407. The zero-order valence-corrected chi connectivity index (χ0v) is 12.2. The predicted molar refractivity (Wildman–Crippen MR) is 80.9 cm³/mol. The summed E-state index contributed by atoms with van der Waals surface area (Å²) in [4.78, 5) is 1.35. The molecule has 3 rings (SSSR count). The molecule has 0 radical (unpaired) electrons. The van der Waals surface area contributed by atoms with Crippen molar-refractivity contribution in [2.24, 2.45) is 0 Å². The van der Waals surface area contributed by atoms with Gasteiger partial charge in [-0.15, -0.1) is 11.3 Å². The third kappa shape index (κ3) is 2.99. The lowest BCUT2D eigenvalue weighted by Gasteiger charge is -2.11. The van der Waals surface area contributed by atoms with Crippen molar-refractivity contribution in [3.63, 3.8) is 0 Å². The smallest absolute Gasteiger partial charge is 0.123 e. The molecule has 1 N–H and O–H groups in total. The van der Waals surface area contributed by atoms with Crippen LogP contribution in [0, 0.1) is 6.92 Å². The summed E-state index contributed by atoms with van der Waals surface area (Å²) in [6.45, 7) is 3.04. The summed E-state index contributed by atoms with van der Waals surface area (Å²) in [6.07, 6.45) is 2.62. The van der Waals surface area contributed by atoms with E-state index in [1.165, 1.54) is 34.4 Å². The Kier molecular flexibility index (Phi) is 3.58. The Morgan fingerprint density at radius 2 is 2.11 bits per heavy atom. The van der Waals surface area contributed by atoms with Gasteiger partial charge in [0.05, 0.1) is 7.11 Å². The van der Waals surface area contributed by atoms with E-state index < -0.39 is 0 Å². The molecule has 1 aliphatic rings. The first-order chi connectivity index (χ1) is 9.26. The zero-order chi connectivity index (χ0) is 13.2. The summed E-state index contributed by atoms with van der Waals surface area (Å²) in [5, 5.41) is 5.77. The number of hydrogen-bond donors (Lipinski definition) is 1. The van der Waals surface area contributed by atoms with Crippen molar-refractivity contribution in [2.45, 2.75) is 32.4 Å². The number of benzene rings is 1. The van der Waals surface area contributed by atoms with Gasteiger partial charge < -0.3 is 10.1 Å². The van der Waals surface area contributed by atoms with Crippen LogP contribution in [0.4, 0.5) is 0 Å². The standard InChI is InChI=1S/C16H19NOS/c1-11-7-14(10-19-11)12-3-6-16(18-2)13(8-12)9-17-15-4-5-15/h3,6-8,10,15,17H,4-5,9H2,1-2H3. The van der Waals surface area contributed by atoms with Gasteiger partial charge in [0.15, 0.2) is 0 Å². The monoisotopic (exact) mass is 273 g/mol. The Morgan fingerprint density at radius 1 is 1.26 bits per heavy atom. The van der Waals surface area contributed by atoms with E-state index in [1.807, 2.05) is 0 Å². The van der Waals surface area contributed by atoms with Crippen molar-refractivity contribution in [1.82, 2.24) is 5.32 Å². The van der Waals surface area contributed by atoms with E-state index in [4.69, 9.17) is 4.74 Å². The molecule has 1 heterocycles. The predicted octanol–water partition coefficient (Wildman–Crippen LogP) is 3.98. The van der Waals surface area contributed by atoms with Gasteiger partial charge in [-0.2, -0.15) is 0 Å². The normalized spacial score (nSPS) is 14.6. The first-order valence-corrected chi connectivity index (χ1v) is 7.60. The van der Waals surface area contributed by atoms with E-state index in [-0.39, 0.29) is 0 Å². The fraction of sp³-hybridized carbons (Fsp3) is 0.375. The molecule has 2 aromatic rings. The minimum Gasteiger partial charge on any atom is -0.496 e. The number of ether oxygens (including phenoxy) is 1. The van der Waals surface area contributed by atoms with E-state index in [9.17, 15) is 0 Å². The van der Waals surface area contributed by atoms with Crippen LogP contribution >= 0.6 is 11.3 Å². The highest BCUT2D eigenvalue weighted by Crippen LogP contribution is 2.30. The summed E-state index contributed by atoms with van der Waals surface area (Å²) >= 11 is 1.80. The fourth-order valence-electron chi connectivity index (χ4n) is 2.23. The quantitative estimate of drug-likeness (QED) is 0.889. The molecule has 100 valence electrons. The molecule has 1 aromatic carbocycles. The van der Waals surface area contributed by atoms with Gasteiger partial charge in [0.2, 0.25) is 0 Å². The minimum atomic E-state index is 0.719. The first-order valence-electron chi connectivity index (χ1n) is 6.72. The lowest BCUT2D eigenvalue weighted by Crippen LogP contribution is -2.15. The Labute approximate surface area is 118 Å². The van der Waals surface area contributed by atoms with Gasteiger partial charge in [-0.1, -0.05) is 6.07 Å². The molecule has 0 unspecified atom stereocenters. The molecular formula is C16H19NOS. The lowest BCUT2D eigenvalue weighted by atomic mass is 10.0. The molecule has 1 saturated carbocycles. The molecular weight excluding hydrogens is 254 g/mol. The van der Waals surface area contributed by atoms with Gasteiger partial charge in [-0.25, -0.2) is 0 Å². The molecule has 1 aromatic heterocycles. The highest BCUT2D eigenvalue weighted by Gasteiger charge is 2.20. The largest absolute Gasteiger partial charge is 0.496 e. The van der Waals surface area contributed by atoms with Crippen LogP contribution in [-0.2, 0) is 6.54 Å². The van der Waals surface area contributed by atoms with Gasteiger partial charge in [0.25, 0.3) is 0 Å². The average molecular weight is 273 g/mol. The maximum Gasteiger partial charge on any atom is 0.123 e. The van der Waals surface area contributed by atoms with Crippen LogP contribution < -0.4 is 10.1 Å². The minimum absolute atomic E-state index is 0.719. The average Bonchev–Trinajstić information content (AvgIpc) is 3.16. The maximum atomic E-state index is 5.46. The number of aryl methyl sites for hydroxylation is 1. The maximum absolute atomic E-state index is 5.46. The van der Waals surface area contributed by atoms with E-state index in [0.29, 0.717) is 0 Å². The van der Waals surface area contributed by atoms with Crippen LogP contribution in [0.25, 0.3) is 11.1 Å². The fourth-order valence-corrected chi connectivity index (χ4v) is 2.94. The Bertz CT molecular complexity index is 572. The van der Waals surface area contributed by atoms with Crippen LogP contribution in [0.3, 0.4) is 0 Å². The molecule has 0 bridgehead atoms. The summed E-state index contributed by atoms with van der Waals surface area (Å²) in [6, 6.07) is 9.42. The van der Waals surface area contributed by atoms with Crippen LogP contribution in [0.2, 0.25) is 0 Å². The van der Waals surface area contributed by atoms with Crippen molar-refractivity contribution in [3.05, 3.63) is 40.1 Å². The number of rotatable bonds is 5. The van der Waals surface area contributed by atoms with Crippen molar-refractivity contribution < 1.29 is 4.74 Å². The third-order valence-electron chi connectivity index (χ3n) is 3.50. The molecule has 0 aliphatic heterocycles. The molecule has 0 atom stereocenters. The van der Waals surface area contributed by atoms with Crippen LogP contribution in [-0.4, -0.2) is 13.2 Å². The van der Waals surface area contributed by atoms with E-state index >= 15 is 0 Å². The topological polar surface area (TPSA) is 21.3 Å². The second kappa shape index (κ2) is 5.35. The summed E-state index contributed by atoms with van der Waals surface area (Å²) < 4.78 is 5.46.